The van der Waals surface area contributed by atoms with Gasteiger partial charge < -0.3 is 10.3 Å². The van der Waals surface area contributed by atoms with E-state index in [1.165, 1.54) is 11.3 Å². The van der Waals surface area contributed by atoms with E-state index >= 15 is 0 Å². The van der Waals surface area contributed by atoms with Crippen LogP contribution in [0.15, 0.2) is 11.5 Å². The zero-order valence-electron chi connectivity index (χ0n) is 6.59. The van der Waals surface area contributed by atoms with Crippen molar-refractivity contribution in [3.05, 3.63) is 21.1 Å². The van der Waals surface area contributed by atoms with Gasteiger partial charge in [-0.05, 0) is 30.8 Å². The summed E-state index contributed by atoms with van der Waals surface area (Å²) in [6.45, 7) is 2.05. The first-order chi connectivity index (χ1) is 5.86. The SMILES string of the molecule is S=c1[nH]c(C2=CCNCC2)cs1. The van der Waals surface area contributed by atoms with Crippen LogP contribution in [0.3, 0.4) is 0 Å². The Morgan fingerprint density at radius 2 is 2.42 bits per heavy atom. The minimum atomic E-state index is 0.865. The lowest BCUT2D eigenvalue weighted by Gasteiger charge is -2.11. The summed E-state index contributed by atoms with van der Waals surface area (Å²) < 4.78 is 0.865. The van der Waals surface area contributed by atoms with Gasteiger partial charge in [-0.1, -0.05) is 6.08 Å². The van der Waals surface area contributed by atoms with Crippen molar-refractivity contribution in [3.63, 3.8) is 0 Å². The normalized spacial score (nSPS) is 17.5. The Balaban J connectivity index is 2.29. The minimum Gasteiger partial charge on any atom is -0.337 e. The van der Waals surface area contributed by atoms with Gasteiger partial charge in [0.2, 0.25) is 0 Å². The molecule has 0 bridgehead atoms. The fraction of sp³-hybridized carbons (Fsp3) is 0.375. The molecule has 1 aromatic rings. The summed E-state index contributed by atoms with van der Waals surface area (Å²) in [4.78, 5) is 3.18. The van der Waals surface area contributed by atoms with Gasteiger partial charge in [0, 0.05) is 11.9 Å². The summed E-state index contributed by atoms with van der Waals surface area (Å²) >= 11 is 6.62. The molecule has 2 N–H and O–H groups in total. The molecule has 0 spiro atoms. The van der Waals surface area contributed by atoms with Crippen LogP contribution >= 0.6 is 23.6 Å². The van der Waals surface area contributed by atoms with Crippen LogP contribution in [0.1, 0.15) is 12.1 Å². The quantitative estimate of drug-likeness (QED) is 0.677. The maximum Gasteiger partial charge on any atom is 0.158 e. The lowest BCUT2D eigenvalue weighted by Crippen LogP contribution is -2.20. The van der Waals surface area contributed by atoms with E-state index in [9.17, 15) is 0 Å². The van der Waals surface area contributed by atoms with Crippen LogP contribution in [0.25, 0.3) is 5.57 Å². The molecule has 64 valence electrons. The predicted molar refractivity (Wildman–Crippen MR) is 55.0 cm³/mol. The Morgan fingerprint density at radius 3 is 3.00 bits per heavy atom. The third kappa shape index (κ3) is 1.65. The molecule has 4 heteroatoms. The summed E-state index contributed by atoms with van der Waals surface area (Å²) in [5.74, 6) is 0. The van der Waals surface area contributed by atoms with Gasteiger partial charge in [-0.25, -0.2) is 0 Å². The van der Waals surface area contributed by atoms with Crippen LogP contribution in [0, 0.1) is 3.95 Å². The Morgan fingerprint density at radius 1 is 1.50 bits per heavy atom. The highest BCUT2D eigenvalue weighted by molar-refractivity contribution is 7.73. The molecule has 2 nitrogen and oxygen atoms in total. The maximum atomic E-state index is 5.02. The first-order valence-electron chi connectivity index (χ1n) is 3.94. The van der Waals surface area contributed by atoms with E-state index in [4.69, 9.17) is 12.2 Å². The summed E-state index contributed by atoms with van der Waals surface area (Å²) in [5.41, 5.74) is 2.59. The number of thiazole rings is 1. The van der Waals surface area contributed by atoms with Gasteiger partial charge >= 0.3 is 0 Å². The molecule has 12 heavy (non-hydrogen) atoms. The van der Waals surface area contributed by atoms with Gasteiger partial charge in [0.25, 0.3) is 0 Å². The van der Waals surface area contributed by atoms with Crippen molar-refractivity contribution in [1.82, 2.24) is 10.3 Å². The lowest BCUT2D eigenvalue weighted by atomic mass is 10.1. The van der Waals surface area contributed by atoms with Crippen LogP contribution in [-0.4, -0.2) is 18.1 Å². The smallest absolute Gasteiger partial charge is 0.158 e. The average molecular weight is 198 g/mol. The molecular formula is C8H10N2S2. The number of H-pyrrole nitrogens is 1. The molecule has 0 saturated carbocycles. The van der Waals surface area contributed by atoms with E-state index in [0.29, 0.717) is 0 Å². The Kier molecular flexibility index (Phi) is 2.39. The third-order valence-corrected chi connectivity index (χ3v) is 2.99. The molecule has 2 heterocycles. The molecule has 0 unspecified atom stereocenters. The Bertz CT molecular complexity index is 348. The van der Waals surface area contributed by atoms with Crippen LogP contribution in [0.2, 0.25) is 0 Å². The van der Waals surface area contributed by atoms with E-state index in [1.807, 2.05) is 0 Å². The van der Waals surface area contributed by atoms with Gasteiger partial charge in [0.05, 0.1) is 5.69 Å². The standard InChI is InChI=1S/C8H10N2S2/c11-8-10-7(5-12-8)6-1-3-9-4-2-6/h1,5,9H,2-4H2,(H,10,11). The molecule has 0 aromatic carbocycles. The van der Waals surface area contributed by atoms with Crippen molar-refractivity contribution in [1.29, 1.82) is 0 Å². The first kappa shape index (κ1) is 8.16. The molecule has 1 aliphatic rings. The summed E-state index contributed by atoms with van der Waals surface area (Å²) in [6.07, 6.45) is 3.32. The van der Waals surface area contributed by atoms with Crippen LogP contribution in [-0.2, 0) is 0 Å². The van der Waals surface area contributed by atoms with E-state index in [-0.39, 0.29) is 0 Å². The molecule has 0 aliphatic carbocycles. The molecular weight excluding hydrogens is 188 g/mol. The molecule has 0 saturated heterocycles. The summed E-state index contributed by atoms with van der Waals surface area (Å²) in [5, 5.41) is 5.38. The van der Waals surface area contributed by atoms with Gasteiger partial charge in [-0.15, -0.1) is 11.3 Å². The minimum absolute atomic E-state index is 0.865. The molecule has 2 rings (SSSR count). The van der Waals surface area contributed by atoms with Gasteiger partial charge in [-0.3, -0.25) is 0 Å². The lowest BCUT2D eigenvalue weighted by molar-refractivity contribution is 0.737. The fourth-order valence-electron chi connectivity index (χ4n) is 1.30. The summed E-state index contributed by atoms with van der Waals surface area (Å²) in [7, 11) is 0. The maximum absolute atomic E-state index is 5.02. The van der Waals surface area contributed by atoms with Crippen molar-refractivity contribution < 1.29 is 0 Å². The highest BCUT2D eigenvalue weighted by Crippen LogP contribution is 2.19. The zero-order chi connectivity index (χ0) is 8.39. The molecule has 1 aliphatic heterocycles. The van der Waals surface area contributed by atoms with E-state index in [2.05, 4.69) is 21.8 Å². The average Bonchev–Trinajstić information content (AvgIpc) is 2.54. The van der Waals surface area contributed by atoms with Crippen molar-refractivity contribution in [3.8, 4) is 0 Å². The number of aromatic amines is 1. The monoisotopic (exact) mass is 198 g/mol. The van der Waals surface area contributed by atoms with Crippen molar-refractivity contribution >= 4 is 29.1 Å². The van der Waals surface area contributed by atoms with Gasteiger partial charge in [-0.2, -0.15) is 0 Å². The van der Waals surface area contributed by atoms with Crippen LogP contribution < -0.4 is 5.32 Å². The third-order valence-electron chi connectivity index (χ3n) is 1.93. The number of nitrogens with one attached hydrogen (secondary N) is 2. The van der Waals surface area contributed by atoms with E-state index in [0.717, 1.165) is 23.5 Å². The molecule has 0 fully saturated rings. The van der Waals surface area contributed by atoms with Crippen LogP contribution in [0.4, 0.5) is 0 Å². The Hall–Kier alpha value is -0.450. The zero-order valence-corrected chi connectivity index (χ0v) is 8.23. The van der Waals surface area contributed by atoms with Crippen LogP contribution in [0.5, 0.6) is 0 Å². The number of hydrogen-bond acceptors (Lipinski definition) is 3. The number of hydrogen-bond donors (Lipinski definition) is 2. The van der Waals surface area contributed by atoms with E-state index in [1.54, 1.807) is 11.3 Å². The predicted octanol–water partition coefficient (Wildman–Crippen LogP) is 2.18. The fourth-order valence-corrected chi connectivity index (χ4v) is 2.16. The van der Waals surface area contributed by atoms with Crippen molar-refractivity contribution in [2.75, 3.05) is 13.1 Å². The first-order valence-corrected chi connectivity index (χ1v) is 5.23. The molecule has 1 aromatic heterocycles. The van der Waals surface area contributed by atoms with Crippen molar-refractivity contribution in [2.24, 2.45) is 0 Å². The Labute approximate surface area is 80.3 Å². The van der Waals surface area contributed by atoms with Gasteiger partial charge in [0.1, 0.15) is 0 Å². The molecule has 0 radical (unpaired) electrons. The van der Waals surface area contributed by atoms with Gasteiger partial charge in [0.15, 0.2) is 3.95 Å². The second-order valence-corrected chi connectivity index (χ2v) is 4.29. The molecule has 0 atom stereocenters. The largest absolute Gasteiger partial charge is 0.337 e. The number of aromatic nitrogens is 1. The van der Waals surface area contributed by atoms with Crippen molar-refractivity contribution in [2.45, 2.75) is 6.42 Å². The number of rotatable bonds is 1. The molecule has 0 amide bonds. The highest BCUT2D eigenvalue weighted by atomic mass is 32.1. The highest BCUT2D eigenvalue weighted by Gasteiger charge is 2.05. The van der Waals surface area contributed by atoms with E-state index < -0.39 is 0 Å². The topological polar surface area (TPSA) is 27.8 Å². The second-order valence-electron chi connectivity index (χ2n) is 2.75. The summed E-state index contributed by atoms with van der Waals surface area (Å²) in [6, 6.07) is 0. The second kappa shape index (κ2) is 3.51.